The summed E-state index contributed by atoms with van der Waals surface area (Å²) in [7, 11) is -3.84. The molecule has 6 rings (SSSR count). The normalized spacial score (nSPS) is 24.8. The van der Waals surface area contributed by atoms with Crippen molar-refractivity contribution in [3.63, 3.8) is 0 Å². The Morgan fingerprint density at radius 3 is 2.00 bits per heavy atom. The minimum Gasteiger partial charge on any atom is -0.479 e. The fourth-order valence-electron chi connectivity index (χ4n) is 7.08. The third-order valence-electron chi connectivity index (χ3n) is 10.1. The van der Waals surface area contributed by atoms with Gasteiger partial charge in [0, 0.05) is 30.0 Å². The highest BCUT2D eigenvalue weighted by atomic mass is 32.2. The average Bonchev–Trinajstić information content (AvgIpc) is 3.54. The molecule has 2 heterocycles. The van der Waals surface area contributed by atoms with Crippen molar-refractivity contribution >= 4 is 27.8 Å². The van der Waals surface area contributed by atoms with Gasteiger partial charge in [-0.15, -0.1) is 6.58 Å². The average molecular weight is 689 g/mol. The Bertz CT molecular complexity index is 1780. The fraction of sp³-hybridized carbons (Fsp3) is 0.472. The van der Waals surface area contributed by atoms with Crippen molar-refractivity contribution in [3.8, 4) is 22.5 Å². The van der Waals surface area contributed by atoms with Gasteiger partial charge in [-0.1, -0.05) is 100 Å². The lowest BCUT2D eigenvalue weighted by molar-refractivity contribution is -0.146. The largest absolute Gasteiger partial charge is 0.479 e. The number of nitrogens with one attached hydrogen (secondary N) is 2. The van der Waals surface area contributed by atoms with E-state index in [1.807, 2.05) is 60.7 Å². The van der Waals surface area contributed by atoms with Crippen molar-refractivity contribution in [1.82, 2.24) is 29.9 Å². The number of aliphatic carboxylic acids is 1. The second-order valence-corrected chi connectivity index (χ2v) is 16.5. The number of hydrogen-bond donors (Lipinski definition) is 3. The quantitative estimate of drug-likeness (QED) is 0.253. The molecular formula is C36H44N6O6S. The minimum atomic E-state index is -3.84. The van der Waals surface area contributed by atoms with E-state index in [1.54, 1.807) is 20.8 Å². The zero-order valence-electron chi connectivity index (χ0n) is 28.1. The van der Waals surface area contributed by atoms with Crippen LogP contribution in [0.25, 0.3) is 22.5 Å². The molecule has 3 N–H and O–H groups in total. The number of nitrogens with zero attached hydrogens (tertiary/aromatic N) is 4. The van der Waals surface area contributed by atoms with Crippen LogP contribution in [0.1, 0.15) is 65.3 Å². The number of aromatic nitrogens is 3. The Morgan fingerprint density at radius 1 is 0.980 bits per heavy atom. The number of rotatable bonds is 11. The van der Waals surface area contributed by atoms with Crippen LogP contribution in [0.5, 0.6) is 0 Å². The van der Waals surface area contributed by atoms with Gasteiger partial charge in [-0.25, -0.2) is 17.9 Å². The van der Waals surface area contributed by atoms with Crippen LogP contribution in [0.2, 0.25) is 0 Å². The molecule has 5 unspecified atom stereocenters. The van der Waals surface area contributed by atoms with E-state index in [0.29, 0.717) is 24.2 Å². The Morgan fingerprint density at radius 2 is 1.53 bits per heavy atom. The minimum absolute atomic E-state index is 0.0107. The highest BCUT2D eigenvalue weighted by Gasteiger charge is 2.61. The first-order chi connectivity index (χ1) is 23.2. The summed E-state index contributed by atoms with van der Waals surface area (Å²) in [5.74, 6) is -2.82. The first-order valence-electron chi connectivity index (χ1n) is 16.8. The van der Waals surface area contributed by atoms with Crippen molar-refractivity contribution in [2.45, 2.75) is 88.2 Å². The summed E-state index contributed by atoms with van der Waals surface area (Å²) >= 11 is 0. The summed E-state index contributed by atoms with van der Waals surface area (Å²) < 4.78 is 29.7. The predicted octanol–water partition coefficient (Wildman–Crippen LogP) is 4.18. The molecule has 2 amide bonds. The third-order valence-corrected chi connectivity index (χ3v) is 12.0. The molecule has 1 saturated heterocycles. The van der Waals surface area contributed by atoms with Gasteiger partial charge in [-0.05, 0) is 24.7 Å². The number of hydrogen-bond acceptors (Lipinski definition) is 7. The van der Waals surface area contributed by atoms with Gasteiger partial charge in [0.15, 0.2) is 0 Å². The molecule has 49 heavy (non-hydrogen) atoms. The van der Waals surface area contributed by atoms with E-state index in [0.717, 1.165) is 24.0 Å². The van der Waals surface area contributed by atoms with Crippen molar-refractivity contribution in [1.29, 1.82) is 0 Å². The molecule has 2 saturated carbocycles. The van der Waals surface area contributed by atoms with Crippen LogP contribution in [0.4, 0.5) is 0 Å². The molecule has 1 aromatic heterocycles. The smallest absolute Gasteiger partial charge is 0.330 e. The number of sulfonamides is 1. The number of carbonyl (C=O) groups is 3. The van der Waals surface area contributed by atoms with Crippen LogP contribution in [-0.4, -0.2) is 80.6 Å². The molecule has 260 valence electrons. The summed E-state index contributed by atoms with van der Waals surface area (Å²) in [6.07, 6.45) is 4.45. The van der Waals surface area contributed by atoms with Crippen molar-refractivity contribution < 1.29 is 27.9 Å². The van der Waals surface area contributed by atoms with Gasteiger partial charge in [0.05, 0.1) is 11.3 Å². The molecule has 3 aliphatic rings. The Balaban J connectivity index is 1.37. The molecule has 2 aliphatic carbocycles. The number of carboxylic acids is 1. The third kappa shape index (κ3) is 6.78. The molecule has 3 fully saturated rings. The zero-order chi connectivity index (χ0) is 35.1. The molecule has 12 nitrogen and oxygen atoms in total. The van der Waals surface area contributed by atoms with E-state index >= 15 is 0 Å². The zero-order valence-corrected chi connectivity index (χ0v) is 28.9. The van der Waals surface area contributed by atoms with Crippen LogP contribution < -0.4 is 10.0 Å². The molecule has 5 atom stereocenters. The SMILES string of the molecule is C=CC1CC1(NC(=O)C1CC(n2nc(-c3ccccc3)c(-c3ccccc3)n2)CN1C(=O)C(NS(=O)(=O)C1CCCC1)C(C)(C)C)C(=O)O. The molecule has 13 heteroatoms. The summed E-state index contributed by atoms with van der Waals surface area (Å²) in [5.41, 5.74) is 0.588. The Labute approximate surface area is 287 Å². The van der Waals surface area contributed by atoms with Gasteiger partial charge in [0.25, 0.3) is 0 Å². The molecule has 2 aromatic carbocycles. The van der Waals surface area contributed by atoms with Gasteiger partial charge < -0.3 is 15.3 Å². The second-order valence-electron chi connectivity index (χ2n) is 14.5. The highest BCUT2D eigenvalue weighted by molar-refractivity contribution is 7.90. The molecular weight excluding hydrogens is 644 g/mol. The highest BCUT2D eigenvalue weighted by Crippen LogP contribution is 2.45. The van der Waals surface area contributed by atoms with Crippen molar-refractivity contribution in [3.05, 3.63) is 73.3 Å². The summed E-state index contributed by atoms with van der Waals surface area (Å²) in [6, 6.07) is 16.3. The van der Waals surface area contributed by atoms with Crippen LogP contribution in [0.3, 0.4) is 0 Å². The lowest BCUT2D eigenvalue weighted by Gasteiger charge is -2.36. The lowest BCUT2D eigenvalue weighted by atomic mass is 9.86. The number of carbonyl (C=O) groups excluding carboxylic acids is 2. The van der Waals surface area contributed by atoms with Crippen molar-refractivity contribution in [2.75, 3.05) is 6.54 Å². The van der Waals surface area contributed by atoms with E-state index in [9.17, 15) is 27.9 Å². The van der Waals surface area contributed by atoms with E-state index in [4.69, 9.17) is 10.2 Å². The maximum Gasteiger partial charge on any atom is 0.330 e. The van der Waals surface area contributed by atoms with E-state index in [1.165, 1.54) is 15.8 Å². The van der Waals surface area contributed by atoms with E-state index in [2.05, 4.69) is 16.6 Å². The Hall–Kier alpha value is -4.36. The number of amides is 2. The standard InChI is InChI=1S/C36H44N6O6S/c1-5-25-21-36(25,34(45)46)37-32(43)28-20-26(22-41(28)33(44)31(35(2,3)4)40-49(47,48)27-18-12-13-19-27)42-38-29(23-14-8-6-9-15-23)30(39-42)24-16-10-7-11-17-24/h5-11,14-17,25-28,31,40H,1,12-13,18-22H2,2-4H3,(H,37,43)(H,45,46). The monoisotopic (exact) mass is 688 g/mol. The van der Waals surface area contributed by atoms with Gasteiger partial charge >= 0.3 is 5.97 Å². The summed E-state index contributed by atoms with van der Waals surface area (Å²) in [4.78, 5) is 43.8. The van der Waals surface area contributed by atoms with Crippen LogP contribution in [0, 0.1) is 11.3 Å². The lowest BCUT2D eigenvalue weighted by Crippen LogP contribution is -2.59. The van der Waals surface area contributed by atoms with Gasteiger partial charge in [0.2, 0.25) is 21.8 Å². The predicted molar refractivity (Wildman–Crippen MR) is 184 cm³/mol. The van der Waals surface area contributed by atoms with Gasteiger partial charge in [-0.3, -0.25) is 9.59 Å². The first kappa shape index (κ1) is 34.5. The molecule has 1 aliphatic heterocycles. The van der Waals surface area contributed by atoms with Crippen LogP contribution >= 0.6 is 0 Å². The molecule has 0 bridgehead atoms. The van der Waals surface area contributed by atoms with Crippen LogP contribution in [0.15, 0.2) is 73.3 Å². The van der Waals surface area contributed by atoms with Gasteiger partial charge in [-0.2, -0.15) is 15.0 Å². The van der Waals surface area contributed by atoms with Crippen molar-refractivity contribution in [2.24, 2.45) is 11.3 Å². The second kappa shape index (κ2) is 13.2. The number of carboxylic acid groups (broad SMARTS) is 1. The number of benzene rings is 2. The topological polar surface area (TPSA) is 164 Å². The molecule has 3 aromatic rings. The Kier molecular flexibility index (Phi) is 9.27. The first-order valence-corrected chi connectivity index (χ1v) is 18.4. The number of likely N-dealkylation sites (tertiary alicyclic amines) is 1. The van der Waals surface area contributed by atoms with Gasteiger partial charge in [0.1, 0.15) is 29.0 Å². The summed E-state index contributed by atoms with van der Waals surface area (Å²) in [5, 5.41) is 21.9. The van der Waals surface area contributed by atoms with E-state index in [-0.39, 0.29) is 19.4 Å². The fourth-order valence-corrected chi connectivity index (χ4v) is 9.01. The molecule has 0 spiro atoms. The molecule has 0 radical (unpaired) electrons. The van der Waals surface area contributed by atoms with E-state index < -0.39 is 68.1 Å². The summed E-state index contributed by atoms with van der Waals surface area (Å²) in [6.45, 7) is 9.06. The maximum absolute atomic E-state index is 14.6. The maximum atomic E-state index is 14.6. The van der Waals surface area contributed by atoms with Crippen LogP contribution in [-0.2, 0) is 24.4 Å².